The molecule has 0 unspecified atom stereocenters. The molecule has 18 heavy (non-hydrogen) atoms. The molecule has 1 fully saturated rings. The highest BCUT2D eigenvalue weighted by molar-refractivity contribution is 7.22. The molecule has 1 saturated heterocycles. The van der Waals surface area contributed by atoms with Crippen molar-refractivity contribution in [2.45, 2.75) is 6.42 Å². The quantitative estimate of drug-likeness (QED) is 0.900. The van der Waals surface area contributed by atoms with E-state index in [0.29, 0.717) is 0 Å². The van der Waals surface area contributed by atoms with Crippen LogP contribution in [0.15, 0.2) is 18.2 Å². The number of ether oxygens (including phenoxy) is 1. The number of hydrogen-bond donors (Lipinski definition) is 1. The van der Waals surface area contributed by atoms with Crippen LogP contribution in [0.2, 0.25) is 0 Å². The highest BCUT2D eigenvalue weighted by Gasteiger charge is 2.15. The standard InChI is InChI=1S/C13H17N3OS/c1-17-10-4-2-5-11-12(10)15-13(18-11)16-8-3-6-14-7-9-16/h2,4-5,14H,3,6-9H2,1H3. The third-order valence-electron chi connectivity index (χ3n) is 3.20. The van der Waals surface area contributed by atoms with Gasteiger partial charge in [0, 0.05) is 19.6 Å². The smallest absolute Gasteiger partial charge is 0.186 e. The van der Waals surface area contributed by atoms with Crippen LogP contribution in [0.3, 0.4) is 0 Å². The summed E-state index contributed by atoms with van der Waals surface area (Å²) >= 11 is 1.75. The Kier molecular flexibility index (Phi) is 3.34. The van der Waals surface area contributed by atoms with E-state index >= 15 is 0 Å². The van der Waals surface area contributed by atoms with Gasteiger partial charge in [-0.3, -0.25) is 0 Å². The zero-order chi connectivity index (χ0) is 12.4. The van der Waals surface area contributed by atoms with Crippen LogP contribution in [0.1, 0.15) is 6.42 Å². The Balaban J connectivity index is 1.96. The lowest BCUT2D eigenvalue weighted by atomic mass is 10.3. The Morgan fingerprint density at radius 3 is 3.17 bits per heavy atom. The summed E-state index contributed by atoms with van der Waals surface area (Å²) in [4.78, 5) is 7.11. The van der Waals surface area contributed by atoms with Crippen LogP contribution in [-0.2, 0) is 0 Å². The Labute approximate surface area is 111 Å². The largest absolute Gasteiger partial charge is 0.494 e. The molecule has 0 spiro atoms. The van der Waals surface area contributed by atoms with Gasteiger partial charge in [-0.25, -0.2) is 4.98 Å². The van der Waals surface area contributed by atoms with Gasteiger partial charge in [0.1, 0.15) is 11.3 Å². The molecule has 1 aliphatic heterocycles. The summed E-state index contributed by atoms with van der Waals surface area (Å²) in [5.74, 6) is 0.864. The van der Waals surface area contributed by atoms with Crippen molar-refractivity contribution in [3.8, 4) is 5.75 Å². The lowest BCUT2D eigenvalue weighted by Gasteiger charge is -2.17. The summed E-state index contributed by atoms with van der Waals surface area (Å²) in [6.07, 6.45) is 1.17. The lowest BCUT2D eigenvalue weighted by molar-refractivity contribution is 0.419. The van der Waals surface area contributed by atoms with Crippen LogP contribution in [0, 0.1) is 0 Å². The molecule has 0 amide bonds. The summed E-state index contributed by atoms with van der Waals surface area (Å²) in [6.45, 7) is 4.25. The molecule has 2 heterocycles. The van der Waals surface area contributed by atoms with Crippen LogP contribution in [0.4, 0.5) is 5.13 Å². The minimum Gasteiger partial charge on any atom is -0.494 e. The molecule has 3 rings (SSSR count). The van der Waals surface area contributed by atoms with Gasteiger partial charge in [-0.2, -0.15) is 0 Å². The van der Waals surface area contributed by atoms with Gasteiger partial charge in [0.25, 0.3) is 0 Å². The first-order chi connectivity index (χ1) is 8.88. The highest BCUT2D eigenvalue weighted by Crippen LogP contribution is 2.34. The SMILES string of the molecule is COc1cccc2sc(N3CCCNCC3)nc12. The predicted octanol–water partition coefficient (Wildman–Crippen LogP) is 2.10. The van der Waals surface area contributed by atoms with Gasteiger partial charge in [-0.05, 0) is 25.1 Å². The van der Waals surface area contributed by atoms with Crippen molar-refractivity contribution in [3.63, 3.8) is 0 Å². The van der Waals surface area contributed by atoms with Crippen LogP contribution in [0.5, 0.6) is 5.75 Å². The second kappa shape index (κ2) is 5.12. The number of anilines is 1. The van der Waals surface area contributed by atoms with Crippen LogP contribution >= 0.6 is 11.3 Å². The van der Waals surface area contributed by atoms with E-state index in [1.165, 1.54) is 11.1 Å². The third kappa shape index (κ3) is 2.15. The molecule has 0 atom stereocenters. The van der Waals surface area contributed by atoms with Crippen LogP contribution < -0.4 is 15.0 Å². The molecule has 1 N–H and O–H groups in total. The number of rotatable bonds is 2. The zero-order valence-electron chi connectivity index (χ0n) is 10.5. The first-order valence-electron chi connectivity index (χ1n) is 6.28. The number of nitrogens with one attached hydrogen (secondary N) is 1. The Morgan fingerprint density at radius 2 is 2.28 bits per heavy atom. The molecular weight excluding hydrogens is 246 g/mol. The van der Waals surface area contributed by atoms with E-state index in [4.69, 9.17) is 9.72 Å². The van der Waals surface area contributed by atoms with Gasteiger partial charge in [0.2, 0.25) is 0 Å². The minimum absolute atomic E-state index is 0.864. The van der Waals surface area contributed by atoms with E-state index in [1.807, 2.05) is 12.1 Å². The van der Waals surface area contributed by atoms with E-state index in [1.54, 1.807) is 18.4 Å². The summed E-state index contributed by atoms with van der Waals surface area (Å²) in [5, 5.41) is 4.52. The van der Waals surface area contributed by atoms with Gasteiger partial charge in [0.15, 0.2) is 5.13 Å². The fraction of sp³-hybridized carbons (Fsp3) is 0.462. The number of hydrogen-bond acceptors (Lipinski definition) is 5. The summed E-state index contributed by atoms with van der Waals surface area (Å²) in [6, 6.07) is 6.10. The maximum atomic E-state index is 5.37. The first kappa shape index (κ1) is 11.7. The van der Waals surface area contributed by atoms with E-state index < -0.39 is 0 Å². The van der Waals surface area contributed by atoms with Crippen molar-refractivity contribution >= 4 is 26.7 Å². The third-order valence-corrected chi connectivity index (χ3v) is 4.28. The zero-order valence-corrected chi connectivity index (χ0v) is 11.3. The molecule has 4 nitrogen and oxygen atoms in total. The average molecular weight is 263 g/mol. The maximum absolute atomic E-state index is 5.37. The lowest BCUT2D eigenvalue weighted by Crippen LogP contribution is -2.27. The Bertz CT molecular complexity index is 532. The molecule has 1 aromatic heterocycles. The second-order valence-corrected chi connectivity index (χ2v) is 5.40. The van der Waals surface area contributed by atoms with Gasteiger partial charge < -0.3 is 15.0 Å². The van der Waals surface area contributed by atoms with Crippen LogP contribution in [0.25, 0.3) is 10.2 Å². The highest BCUT2D eigenvalue weighted by atomic mass is 32.1. The number of thiazole rings is 1. The molecule has 0 saturated carbocycles. The summed E-state index contributed by atoms with van der Waals surface area (Å²) in [7, 11) is 1.70. The number of methoxy groups -OCH3 is 1. The number of benzene rings is 1. The molecule has 1 aromatic carbocycles. The van der Waals surface area contributed by atoms with E-state index in [-0.39, 0.29) is 0 Å². The summed E-state index contributed by atoms with van der Waals surface area (Å²) < 4.78 is 6.56. The molecule has 96 valence electrons. The predicted molar refractivity (Wildman–Crippen MR) is 75.9 cm³/mol. The normalized spacial score (nSPS) is 16.8. The minimum atomic E-state index is 0.864. The van der Waals surface area contributed by atoms with Crippen molar-refractivity contribution in [2.75, 3.05) is 38.2 Å². The molecule has 2 aromatic rings. The Hall–Kier alpha value is -1.33. The van der Waals surface area contributed by atoms with E-state index in [0.717, 1.165) is 42.6 Å². The molecule has 0 radical (unpaired) electrons. The van der Waals surface area contributed by atoms with Gasteiger partial charge >= 0.3 is 0 Å². The number of fused-ring (bicyclic) bond motifs is 1. The van der Waals surface area contributed by atoms with Crippen molar-refractivity contribution < 1.29 is 4.74 Å². The van der Waals surface area contributed by atoms with Gasteiger partial charge in [0.05, 0.1) is 11.8 Å². The molecule has 0 aliphatic carbocycles. The summed E-state index contributed by atoms with van der Waals surface area (Å²) in [5.41, 5.74) is 0.984. The maximum Gasteiger partial charge on any atom is 0.186 e. The van der Waals surface area contributed by atoms with Crippen molar-refractivity contribution in [3.05, 3.63) is 18.2 Å². The fourth-order valence-electron chi connectivity index (χ4n) is 2.25. The molecule has 1 aliphatic rings. The monoisotopic (exact) mass is 263 g/mol. The molecule has 0 bridgehead atoms. The van der Waals surface area contributed by atoms with Crippen molar-refractivity contribution in [2.24, 2.45) is 0 Å². The van der Waals surface area contributed by atoms with Crippen LogP contribution in [-0.4, -0.2) is 38.3 Å². The van der Waals surface area contributed by atoms with Crippen molar-refractivity contribution in [1.29, 1.82) is 0 Å². The van der Waals surface area contributed by atoms with E-state index in [9.17, 15) is 0 Å². The Morgan fingerprint density at radius 1 is 1.33 bits per heavy atom. The molecular formula is C13H17N3OS. The number of nitrogens with zero attached hydrogens (tertiary/aromatic N) is 2. The average Bonchev–Trinajstić information content (AvgIpc) is 2.65. The van der Waals surface area contributed by atoms with Gasteiger partial charge in [-0.15, -0.1) is 0 Å². The van der Waals surface area contributed by atoms with E-state index in [2.05, 4.69) is 16.3 Å². The number of aromatic nitrogens is 1. The fourth-order valence-corrected chi connectivity index (χ4v) is 3.28. The number of para-hydroxylation sites is 1. The van der Waals surface area contributed by atoms with Crippen molar-refractivity contribution in [1.82, 2.24) is 10.3 Å². The topological polar surface area (TPSA) is 37.4 Å². The van der Waals surface area contributed by atoms with Gasteiger partial charge in [-0.1, -0.05) is 17.4 Å². The first-order valence-corrected chi connectivity index (χ1v) is 7.09. The molecule has 5 heteroatoms. The second-order valence-electron chi connectivity index (χ2n) is 4.39.